The van der Waals surface area contributed by atoms with E-state index in [0.29, 0.717) is 13.0 Å². The molecule has 1 aliphatic heterocycles. The Balaban J connectivity index is 2.72. The van der Waals surface area contributed by atoms with Crippen molar-refractivity contribution in [2.45, 2.75) is 19.4 Å². The molecule has 1 amide bonds. The van der Waals surface area contributed by atoms with Crippen LogP contribution in [0.3, 0.4) is 0 Å². The molecular formula is C7H10ClNO3. The molecule has 0 saturated carbocycles. The van der Waals surface area contributed by atoms with E-state index in [4.69, 9.17) is 16.7 Å². The highest BCUT2D eigenvalue weighted by Crippen LogP contribution is 2.24. The minimum absolute atomic E-state index is 0.216. The lowest BCUT2D eigenvalue weighted by atomic mass is 10.1. The van der Waals surface area contributed by atoms with Gasteiger partial charge in [0.05, 0.1) is 0 Å². The molecule has 0 aromatic heterocycles. The van der Waals surface area contributed by atoms with Gasteiger partial charge in [-0.15, -0.1) is 0 Å². The van der Waals surface area contributed by atoms with Gasteiger partial charge in [0.2, 0.25) is 0 Å². The molecule has 0 aromatic carbocycles. The largest absolute Gasteiger partial charge is 0.480 e. The average molecular weight is 192 g/mol. The van der Waals surface area contributed by atoms with Crippen molar-refractivity contribution in [3.8, 4) is 0 Å². The van der Waals surface area contributed by atoms with Crippen LogP contribution in [0, 0.1) is 5.92 Å². The second-order valence-electron chi connectivity index (χ2n) is 3.10. The van der Waals surface area contributed by atoms with Gasteiger partial charge in [0.15, 0.2) is 0 Å². The van der Waals surface area contributed by atoms with Crippen molar-refractivity contribution in [3.05, 3.63) is 0 Å². The maximum atomic E-state index is 10.7. The third-order valence-corrected chi connectivity index (χ3v) is 2.24. The average Bonchev–Trinajstić information content (AvgIpc) is 2.31. The number of carboxylic acids is 1. The summed E-state index contributed by atoms with van der Waals surface area (Å²) in [6.45, 7) is 2.34. The quantitative estimate of drug-likeness (QED) is 0.500. The lowest BCUT2D eigenvalue weighted by molar-refractivity contribution is -0.141. The first-order valence-corrected chi connectivity index (χ1v) is 4.09. The molecule has 12 heavy (non-hydrogen) atoms. The standard InChI is InChI=1S/C7H10ClNO3/c1-4-2-5(6(10)11)9(3-4)7(8)12/h4-5H,2-3H2,1H3,(H,10,11). The molecule has 5 heteroatoms. The van der Waals surface area contributed by atoms with Crippen molar-refractivity contribution >= 4 is 22.9 Å². The summed E-state index contributed by atoms with van der Waals surface area (Å²) in [4.78, 5) is 22.5. The Morgan fingerprint density at radius 2 is 2.17 bits per heavy atom. The molecule has 1 saturated heterocycles. The number of carboxylic acid groups (broad SMARTS) is 1. The smallest absolute Gasteiger partial charge is 0.326 e. The molecule has 1 aliphatic rings. The predicted octanol–water partition coefficient (Wildman–Crippen LogP) is 1.14. The molecule has 4 nitrogen and oxygen atoms in total. The van der Waals surface area contributed by atoms with E-state index < -0.39 is 17.4 Å². The summed E-state index contributed by atoms with van der Waals surface area (Å²) in [6.07, 6.45) is 0.494. The van der Waals surface area contributed by atoms with Crippen LogP contribution >= 0.6 is 11.6 Å². The van der Waals surface area contributed by atoms with E-state index in [0.717, 1.165) is 0 Å². The number of amides is 1. The maximum absolute atomic E-state index is 10.7. The number of hydrogen-bond donors (Lipinski definition) is 1. The van der Waals surface area contributed by atoms with Crippen LogP contribution < -0.4 is 0 Å². The molecule has 0 spiro atoms. The minimum atomic E-state index is -0.978. The fourth-order valence-corrected chi connectivity index (χ4v) is 1.66. The van der Waals surface area contributed by atoms with E-state index in [1.807, 2.05) is 6.92 Å². The highest BCUT2D eigenvalue weighted by atomic mass is 35.5. The maximum Gasteiger partial charge on any atom is 0.326 e. The fraction of sp³-hybridized carbons (Fsp3) is 0.714. The van der Waals surface area contributed by atoms with Crippen LogP contribution in [-0.4, -0.2) is 33.9 Å². The van der Waals surface area contributed by atoms with Gasteiger partial charge in [-0.05, 0) is 23.9 Å². The second-order valence-corrected chi connectivity index (χ2v) is 3.42. The third kappa shape index (κ3) is 1.69. The molecule has 0 aromatic rings. The van der Waals surface area contributed by atoms with Gasteiger partial charge in [0.1, 0.15) is 6.04 Å². The summed E-state index contributed by atoms with van der Waals surface area (Å²) in [5, 5.41) is 8.02. The Labute approximate surface area is 75.1 Å². The Morgan fingerprint density at radius 1 is 1.58 bits per heavy atom. The highest BCUT2D eigenvalue weighted by molar-refractivity contribution is 6.63. The molecule has 68 valence electrons. The Bertz CT molecular complexity index is 197. The summed E-state index contributed by atoms with van der Waals surface area (Å²) >= 11 is 5.21. The van der Waals surface area contributed by atoms with E-state index in [9.17, 15) is 9.59 Å². The van der Waals surface area contributed by atoms with Crippen LogP contribution in [0.1, 0.15) is 13.3 Å². The van der Waals surface area contributed by atoms with Gasteiger partial charge in [0.25, 0.3) is 0 Å². The summed E-state index contributed by atoms with van der Waals surface area (Å²) in [6, 6.07) is -0.731. The normalized spacial score (nSPS) is 29.0. The number of nitrogens with zero attached hydrogens (tertiary/aromatic N) is 1. The molecule has 0 bridgehead atoms. The van der Waals surface area contributed by atoms with Gasteiger partial charge in [-0.25, -0.2) is 4.79 Å². The first-order chi connectivity index (χ1) is 5.52. The van der Waals surface area contributed by atoms with Crippen LogP contribution in [0.15, 0.2) is 0 Å². The zero-order valence-corrected chi connectivity index (χ0v) is 7.41. The topological polar surface area (TPSA) is 57.6 Å². The number of carbonyl (C=O) groups excluding carboxylic acids is 1. The van der Waals surface area contributed by atoms with E-state index in [-0.39, 0.29) is 5.92 Å². The van der Waals surface area contributed by atoms with Crippen molar-refractivity contribution in [2.75, 3.05) is 6.54 Å². The summed E-state index contributed by atoms with van der Waals surface area (Å²) < 4.78 is 0. The SMILES string of the molecule is CC1CC(C(=O)O)N(C(=O)Cl)C1. The number of aliphatic carboxylic acids is 1. The van der Waals surface area contributed by atoms with Gasteiger partial charge in [-0.3, -0.25) is 4.79 Å². The summed E-state index contributed by atoms with van der Waals surface area (Å²) in [5.74, 6) is -0.762. The Kier molecular flexibility index (Phi) is 2.57. The van der Waals surface area contributed by atoms with Crippen LogP contribution in [0.25, 0.3) is 0 Å². The first kappa shape index (κ1) is 9.32. The summed E-state index contributed by atoms with van der Waals surface area (Å²) in [7, 11) is 0. The Morgan fingerprint density at radius 3 is 2.50 bits per heavy atom. The third-order valence-electron chi connectivity index (χ3n) is 2.02. The van der Waals surface area contributed by atoms with E-state index >= 15 is 0 Å². The molecule has 1 fully saturated rings. The molecule has 2 atom stereocenters. The van der Waals surface area contributed by atoms with Crippen molar-refractivity contribution in [1.29, 1.82) is 0 Å². The van der Waals surface area contributed by atoms with Crippen molar-refractivity contribution in [1.82, 2.24) is 4.90 Å². The monoisotopic (exact) mass is 191 g/mol. The number of rotatable bonds is 1. The van der Waals surface area contributed by atoms with Gasteiger partial charge >= 0.3 is 11.3 Å². The molecule has 1 heterocycles. The van der Waals surface area contributed by atoms with E-state index in [2.05, 4.69) is 0 Å². The van der Waals surface area contributed by atoms with Crippen molar-refractivity contribution in [2.24, 2.45) is 5.92 Å². The van der Waals surface area contributed by atoms with E-state index in [1.165, 1.54) is 4.90 Å². The first-order valence-electron chi connectivity index (χ1n) is 3.71. The Hall–Kier alpha value is -0.770. The van der Waals surface area contributed by atoms with Crippen molar-refractivity contribution < 1.29 is 14.7 Å². The van der Waals surface area contributed by atoms with Gasteiger partial charge < -0.3 is 10.0 Å². The molecule has 1 N–H and O–H groups in total. The lowest BCUT2D eigenvalue weighted by Gasteiger charge is -2.17. The zero-order chi connectivity index (χ0) is 9.30. The van der Waals surface area contributed by atoms with Gasteiger partial charge in [-0.1, -0.05) is 6.92 Å². The summed E-state index contributed by atoms with van der Waals surface area (Å²) in [5.41, 5.74) is 0. The van der Waals surface area contributed by atoms with Crippen LogP contribution in [0.2, 0.25) is 0 Å². The zero-order valence-electron chi connectivity index (χ0n) is 6.66. The second kappa shape index (κ2) is 3.31. The van der Waals surface area contributed by atoms with Crippen molar-refractivity contribution in [3.63, 3.8) is 0 Å². The molecular weight excluding hydrogens is 182 g/mol. The van der Waals surface area contributed by atoms with E-state index in [1.54, 1.807) is 0 Å². The number of hydrogen-bond acceptors (Lipinski definition) is 2. The molecule has 0 radical (unpaired) electrons. The van der Waals surface area contributed by atoms with Crippen LogP contribution in [0.5, 0.6) is 0 Å². The molecule has 0 aliphatic carbocycles. The lowest BCUT2D eigenvalue weighted by Crippen LogP contribution is -2.37. The molecule has 1 rings (SSSR count). The fourth-order valence-electron chi connectivity index (χ4n) is 1.47. The van der Waals surface area contributed by atoms with Crippen LogP contribution in [0.4, 0.5) is 4.79 Å². The predicted molar refractivity (Wildman–Crippen MR) is 43.2 cm³/mol. The highest BCUT2D eigenvalue weighted by Gasteiger charge is 2.36. The number of halogens is 1. The number of likely N-dealkylation sites (tertiary alicyclic amines) is 1. The van der Waals surface area contributed by atoms with Gasteiger partial charge in [0, 0.05) is 6.54 Å². The number of carbonyl (C=O) groups is 2. The van der Waals surface area contributed by atoms with Gasteiger partial charge in [-0.2, -0.15) is 0 Å². The molecule has 2 unspecified atom stereocenters. The minimum Gasteiger partial charge on any atom is -0.480 e. The van der Waals surface area contributed by atoms with Crippen LogP contribution in [-0.2, 0) is 4.79 Å².